The molecule has 2 aromatic carbocycles. The lowest BCUT2D eigenvalue weighted by molar-refractivity contribution is 0.319. The van der Waals surface area contributed by atoms with Crippen molar-refractivity contribution in [2.24, 2.45) is 5.92 Å². The summed E-state index contributed by atoms with van der Waals surface area (Å²) in [4.78, 5) is 0. The molecule has 3 rings (SSSR count). The quantitative estimate of drug-likeness (QED) is 0.639. The van der Waals surface area contributed by atoms with E-state index in [-0.39, 0.29) is 5.82 Å². The summed E-state index contributed by atoms with van der Waals surface area (Å²) >= 11 is 0. The van der Waals surface area contributed by atoms with E-state index in [1.165, 1.54) is 55.4 Å². The summed E-state index contributed by atoms with van der Waals surface area (Å²) in [7, 11) is 0. The fourth-order valence-electron chi connectivity index (χ4n) is 3.65. The predicted octanol–water partition coefficient (Wildman–Crippen LogP) is 6.10. The average molecular weight is 296 g/mol. The fraction of sp³-hybridized carbons (Fsp3) is 0.429. The summed E-state index contributed by atoms with van der Waals surface area (Å²) in [5.74, 6) is 1.54. The third-order valence-corrected chi connectivity index (χ3v) is 5.20. The van der Waals surface area contributed by atoms with E-state index in [0.717, 1.165) is 23.8 Å². The maximum atomic E-state index is 12.9. The molecule has 2 aromatic rings. The molecule has 0 saturated heterocycles. The van der Waals surface area contributed by atoms with Crippen LogP contribution in [0.3, 0.4) is 0 Å². The molecule has 1 aliphatic carbocycles. The van der Waals surface area contributed by atoms with Gasteiger partial charge in [0.15, 0.2) is 0 Å². The van der Waals surface area contributed by atoms with Crippen molar-refractivity contribution in [2.75, 3.05) is 0 Å². The minimum Gasteiger partial charge on any atom is -0.207 e. The largest absolute Gasteiger partial charge is 0.207 e. The van der Waals surface area contributed by atoms with E-state index in [4.69, 9.17) is 0 Å². The standard InChI is InChI=1S/C21H25F/c1-2-16-3-9-19(10-4-16)20-11-5-17(6-12-20)15-18-7-13-21(22)14-8-18/h5-8,11-14,16,19H,2-4,9-10,15H2,1H3. The zero-order chi connectivity index (χ0) is 15.4. The first-order valence-corrected chi connectivity index (χ1v) is 8.58. The first-order chi connectivity index (χ1) is 10.7. The van der Waals surface area contributed by atoms with Gasteiger partial charge in [-0.3, -0.25) is 0 Å². The molecule has 0 spiro atoms. The normalized spacial score (nSPS) is 21.7. The van der Waals surface area contributed by atoms with Crippen LogP contribution in [0.2, 0.25) is 0 Å². The molecule has 116 valence electrons. The van der Waals surface area contributed by atoms with E-state index in [9.17, 15) is 4.39 Å². The Kier molecular flexibility index (Phi) is 4.92. The van der Waals surface area contributed by atoms with Gasteiger partial charge in [0.2, 0.25) is 0 Å². The van der Waals surface area contributed by atoms with Crippen LogP contribution in [0.4, 0.5) is 4.39 Å². The minimum absolute atomic E-state index is 0.165. The first-order valence-electron chi connectivity index (χ1n) is 8.58. The lowest BCUT2D eigenvalue weighted by Crippen LogP contribution is -2.12. The molecule has 0 N–H and O–H groups in total. The SMILES string of the molecule is CCC1CCC(c2ccc(Cc3ccc(F)cc3)cc2)CC1. The summed E-state index contributed by atoms with van der Waals surface area (Å²) < 4.78 is 12.9. The molecule has 1 aliphatic rings. The van der Waals surface area contributed by atoms with Crippen molar-refractivity contribution >= 4 is 0 Å². The second-order valence-electron chi connectivity index (χ2n) is 6.67. The lowest BCUT2D eigenvalue weighted by atomic mass is 9.78. The molecule has 0 unspecified atom stereocenters. The molecular formula is C21H25F. The lowest BCUT2D eigenvalue weighted by Gasteiger charge is -2.28. The van der Waals surface area contributed by atoms with Gasteiger partial charge in [0.25, 0.3) is 0 Å². The fourth-order valence-corrected chi connectivity index (χ4v) is 3.65. The van der Waals surface area contributed by atoms with Gasteiger partial charge in [0, 0.05) is 0 Å². The average Bonchev–Trinajstić information content (AvgIpc) is 2.58. The Labute approximate surface area is 133 Å². The van der Waals surface area contributed by atoms with Crippen LogP contribution in [0, 0.1) is 11.7 Å². The molecular weight excluding hydrogens is 271 g/mol. The van der Waals surface area contributed by atoms with Crippen molar-refractivity contribution < 1.29 is 4.39 Å². The third-order valence-electron chi connectivity index (χ3n) is 5.20. The second kappa shape index (κ2) is 7.09. The Balaban J connectivity index is 1.62. The summed E-state index contributed by atoms with van der Waals surface area (Å²) in [6, 6.07) is 15.9. The van der Waals surface area contributed by atoms with Crippen molar-refractivity contribution in [1.29, 1.82) is 0 Å². The number of hydrogen-bond donors (Lipinski definition) is 0. The van der Waals surface area contributed by atoms with Crippen LogP contribution < -0.4 is 0 Å². The van der Waals surface area contributed by atoms with Gasteiger partial charge in [-0.25, -0.2) is 4.39 Å². The van der Waals surface area contributed by atoms with Gasteiger partial charge in [-0.1, -0.05) is 49.7 Å². The number of benzene rings is 2. The Bertz CT molecular complexity index is 574. The van der Waals surface area contributed by atoms with Crippen LogP contribution in [0.1, 0.15) is 61.6 Å². The monoisotopic (exact) mass is 296 g/mol. The first kappa shape index (κ1) is 15.3. The summed E-state index contributed by atoms with van der Waals surface area (Å²) in [6.07, 6.45) is 7.68. The van der Waals surface area contributed by atoms with Crippen molar-refractivity contribution in [3.63, 3.8) is 0 Å². The highest BCUT2D eigenvalue weighted by molar-refractivity contribution is 5.30. The van der Waals surface area contributed by atoms with Crippen molar-refractivity contribution in [1.82, 2.24) is 0 Å². The van der Waals surface area contributed by atoms with Gasteiger partial charge in [0.05, 0.1) is 0 Å². The summed E-state index contributed by atoms with van der Waals surface area (Å²) in [6.45, 7) is 2.31. The Morgan fingerprint density at radius 1 is 0.818 bits per heavy atom. The number of hydrogen-bond acceptors (Lipinski definition) is 0. The Morgan fingerprint density at radius 3 is 1.91 bits per heavy atom. The zero-order valence-electron chi connectivity index (χ0n) is 13.4. The second-order valence-corrected chi connectivity index (χ2v) is 6.67. The van der Waals surface area contributed by atoms with Crippen LogP contribution in [-0.4, -0.2) is 0 Å². The smallest absolute Gasteiger partial charge is 0.123 e. The van der Waals surface area contributed by atoms with Crippen molar-refractivity contribution in [2.45, 2.75) is 51.4 Å². The van der Waals surface area contributed by atoms with Gasteiger partial charge >= 0.3 is 0 Å². The predicted molar refractivity (Wildman–Crippen MR) is 90.6 cm³/mol. The number of halogens is 1. The molecule has 0 radical (unpaired) electrons. The van der Waals surface area contributed by atoms with E-state index in [1.54, 1.807) is 0 Å². The number of rotatable bonds is 4. The van der Waals surface area contributed by atoms with Gasteiger partial charge in [-0.05, 0) is 72.8 Å². The molecule has 22 heavy (non-hydrogen) atoms. The van der Waals surface area contributed by atoms with E-state index in [2.05, 4.69) is 31.2 Å². The van der Waals surface area contributed by atoms with Gasteiger partial charge in [-0.15, -0.1) is 0 Å². The van der Waals surface area contributed by atoms with Gasteiger partial charge in [-0.2, -0.15) is 0 Å². The molecule has 0 nitrogen and oxygen atoms in total. The van der Waals surface area contributed by atoms with Crippen LogP contribution in [0.5, 0.6) is 0 Å². The van der Waals surface area contributed by atoms with Crippen molar-refractivity contribution in [3.05, 3.63) is 71.0 Å². The minimum atomic E-state index is -0.165. The molecule has 0 aliphatic heterocycles. The van der Waals surface area contributed by atoms with Crippen LogP contribution in [0.25, 0.3) is 0 Å². The maximum absolute atomic E-state index is 12.9. The molecule has 0 heterocycles. The van der Waals surface area contributed by atoms with E-state index < -0.39 is 0 Å². The summed E-state index contributed by atoms with van der Waals surface area (Å²) in [5, 5.41) is 0. The van der Waals surface area contributed by atoms with E-state index in [1.807, 2.05) is 12.1 Å². The maximum Gasteiger partial charge on any atom is 0.123 e. The van der Waals surface area contributed by atoms with Gasteiger partial charge < -0.3 is 0 Å². The van der Waals surface area contributed by atoms with E-state index in [0.29, 0.717) is 0 Å². The van der Waals surface area contributed by atoms with Crippen LogP contribution in [-0.2, 0) is 6.42 Å². The molecule has 0 amide bonds. The molecule has 1 saturated carbocycles. The van der Waals surface area contributed by atoms with Crippen molar-refractivity contribution in [3.8, 4) is 0 Å². The third kappa shape index (κ3) is 3.76. The highest BCUT2D eigenvalue weighted by Gasteiger charge is 2.20. The summed E-state index contributed by atoms with van der Waals surface area (Å²) in [5.41, 5.74) is 3.97. The van der Waals surface area contributed by atoms with Crippen LogP contribution >= 0.6 is 0 Å². The topological polar surface area (TPSA) is 0 Å². The zero-order valence-corrected chi connectivity index (χ0v) is 13.4. The van der Waals surface area contributed by atoms with E-state index >= 15 is 0 Å². The Morgan fingerprint density at radius 2 is 1.36 bits per heavy atom. The molecule has 0 atom stereocenters. The molecule has 0 aromatic heterocycles. The molecule has 1 fully saturated rings. The molecule has 1 heteroatoms. The molecule has 0 bridgehead atoms. The highest BCUT2D eigenvalue weighted by atomic mass is 19.1. The highest BCUT2D eigenvalue weighted by Crippen LogP contribution is 2.36. The van der Waals surface area contributed by atoms with Crippen LogP contribution in [0.15, 0.2) is 48.5 Å². The Hall–Kier alpha value is -1.63. The van der Waals surface area contributed by atoms with Gasteiger partial charge in [0.1, 0.15) is 5.82 Å².